The van der Waals surface area contributed by atoms with Crippen molar-refractivity contribution in [3.8, 4) is 11.3 Å². The van der Waals surface area contributed by atoms with Gasteiger partial charge in [-0.25, -0.2) is 14.2 Å². The number of carboxylic acid groups (broad SMARTS) is 1. The van der Waals surface area contributed by atoms with Crippen molar-refractivity contribution in [3.05, 3.63) is 42.6 Å². The molecule has 1 heterocycles. The molecule has 1 aliphatic rings. The first-order valence-electron chi connectivity index (χ1n) is 9.07. The van der Waals surface area contributed by atoms with Crippen LogP contribution in [0.25, 0.3) is 11.3 Å². The Labute approximate surface area is 153 Å². The van der Waals surface area contributed by atoms with Gasteiger partial charge in [0.05, 0.1) is 12.0 Å². The van der Waals surface area contributed by atoms with E-state index in [9.17, 15) is 14.3 Å². The van der Waals surface area contributed by atoms with E-state index < -0.39 is 11.6 Å². The molecule has 1 N–H and O–H groups in total. The number of hydrogen-bond acceptors (Lipinski definition) is 2. The summed E-state index contributed by atoms with van der Waals surface area (Å²) in [4.78, 5) is 17.7. The molecular formula is C20H26FN3O2. The average Bonchev–Trinajstić information content (AvgIpc) is 3.04. The molecule has 1 fully saturated rings. The lowest BCUT2D eigenvalue weighted by Crippen LogP contribution is -2.52. The van der Waals surface area contributed by atoms with Gasteiger partial charge in [-0.15, -0.1) is 0 Å². The van der Waals surface area contributed by atoms with Crippen LogP contribution in [-0.2, 0) is 0 Å². The summed E-state index contributed by atoms with van der Waals surface area (Å²) >= 11 is 0. The van der Waals surface area contributed by atoms with Crippen molar-refractivity contribution >= 4 is 6.09 Å². The molecule has 1 saturated carbocycles. The van der Waals surface area contributed by atoms with Crippen LogP contribution in [0.15, 0.2) is 36.8 Å². The standard InChI is InChI=1S/C20H26FN3O2/c1-20(2,3)24(19(25)26)17-10-8-16(9-11-17)23-12-18(22-13-23)14-4-6-15(21)7-5-14/h4-7,12-13,16-17H,8-11H2,1-3H3,(H,25,26). The largest absolute Gasteiger partial charge is 0.465 e. The second-order valence-corrected chi connectivity index (χ2v) is 8.00. The van der Waals surface area contributed by atoms with Crippen molar-refractivity contribution in [2.24, 2.45) is 0 Å². The number of aromatic nitrogens is 2. The molecule has 0 saturated heterocycles. The molecule has 26 heavy (non-hydrogen) atoms. The lowest BCUT2D eigenvalue weighted by atomic mass is 9.88. The van der Waals surface area contributed by atoms with E-state index in [2.05, 4.69) is 9.55 Å². The Morgan fingerprint density at radius 2 is 1.81 bits per heavy atom. The van der Waals surface area contributed by atoms with Crippen molar-refractivity contribution in [2.45, 2.75) is 64.1 Å². The van der Waals surface area contributed by atoms with Gasteiger partial charge in [0.25, 0.3) is 0 Å². The Morgan fingerprint density at radius 1 is 1.19 bits per heavy atom. The van der Waals surface area contributed by atoms with Crippen LogP contribution in [0.2, 0.25) is 0 Å². The molecular weight excluding hydrogens is 333 g/mol. The second kappa shape index (κ2) is 7.09. The van der Waals surface area contributed by atoms with Gasteiger partial charge < -0.3 is 14.6 Å². The second-order valence-electron chi connectivity index (χ2n) is 8.00. The summed E-state index contributed by atoms with van der Waals surface area (Å²) in [5.74, 6) is -0.256. The SMILES string of the molecule is CC(C)(C)N(C(=O)O)C1CCC(n2cnc(-c3ccc(F)cc3)c2)CC1. The summed E-state index contributed by atoms with van der Waals surface area (Å²) in [6.07, 6.45) is 6.51. The van der Waals surface area contributed by atoms with Crippen molar-refractivity contribution < 1.29 is 14.3 Å². The fourth-order valence-electron chi connectivity index (χ4n) is 3.91. The summed E-state index contributed by atoms with van der Waals surface area (Å²) in [7, 11) is 0. The van der Waals surface area contributed by atoms with Crippen LogP contribution >= 0.6 is 0 Å². The van der Waals surface area contributed by atoms with E-state index >= 15 is 0 Å². The highest BCUT2D eigenvalue weighted by molar-refractivity contribution is 5.66. The van der Waals surface area contributed by atoms with Gasteiger partial charge in [0.1, 0.15) is 5.82 Å². The molecule has 0 radical (unpaired) electrons. The number of imidazole rings is 1. The minimum Gasteiger partial charge on any atom is -0.465 e. The molecule has 0 atom stereocenters. The number of hydrogen-bond donors (Lipinski definition) is 1. The van der Waals surface area contributed by atoms with Crippen LogP contribution in [0.5, 0.6) is 0 Å². The lowest BCUT2D eigenvalue weighted by molar-refractivity contribution is 0.0512. The van der Waals surface area contributed by atoms with Crippen molar-refractivity contribution in [2.75, 3.05) is 0 Å². The number of nitrogens with zero attached hydrogens (tertiary/aromatic N) is 3. The third-order valence-electron chi connectivity index (χ3n) is 5.12. The first kappa shape index (κ1) is 18.4. The summed E-state index contributed by atoms with van der Waals surface area (Å²) in [5.41, 5.74) is 1.33. The zero-order valence-electron chi connectivity index (χ0n) is 15.5. The van der Waals surface area contributed by atoms with E-state index in [1.807, 2.05) is 33.3 Å². The Balaban J connectivity index is 1.67. The maximum absolute atomic E-state index is 13.1. The summed E-state index contributed by atoms with van der Waals surface area (Å²) in [6.45, 7) is 5.83. The average molecular weight is 359 g/mol. The highest BCUT2D eigenvalue weighted by Gasteiger charge is 2.35. The van der Waals surface area contributed by atoms with Gasteiger partial charge >= 0.3 is 6.09 Å². The molecule has 1 aromatic heterocycles. The predicted octanol–water partition coefficient (Wildman–Crippen LogP) is 4.95. The Kier molecular flexibility index (Phi) is 5.03. The van der Waals surface area contributed by atoms with Crippen LogP contribution in [0, 0.1) is 5.82 Å². The van der Waals surface area contributed by atoms with E-state index in [0.717, 1.165) is 36.9 Å². The molecule has 0 unspecified atom stereocenters. The van der Waals surface area contributed by atoms with E-state index in [1.54, 1.807) is 17.0 Å². The molecule has 0 bridgehead atoms. The van der Waals surface area contributed by atoms with Crippen LogP contribution in [0.1, 0.15) is 52.5 Å². The maximum Gasteiger partial charge on any atom is 0.407 e. The molecule has 6 heteroatoms. The molecule has 0 aliphatic heterocycles. The Morgan fingerprint density at radius 3 is 2.35 bits per heavy atom. The third-order valence-corrected chi connectivity index (χ3v) is 5.12. The van der Waals surface area contributed by atoms with E-state index in [0.29, 0.717) is 6.04 Å². The number of rotatable bonds is 3. The van der Waals surface area contributed by atoms with Gasteiger partial charge in [-0.2, -0.15) is 0 Å². The summed E-state index contributed by atoms with van der Waals surface area (Å²) in [5, 5.41) is 9.58. The van der Waals surface area contributed by atoms with Crippen LogP contribution in [0.3, 0.4) is 0 Å². The van der Waals surface area contributed by atoms with Crippen LogP contribution < -0.4 is 0 Å². The van der Waals surface area contributed by atoms with Crippen LogP contribution in [-0.4, -0.2) is 37.2 Å². The minimum absolute atomic E-state index is 0.0591. The lowest BCUT2D eigenvalue weighted by Gasteiger charge is -2.42. The van der Waals surface area contributed by atoms with Gasteiger partial charge in [0.2, 0.25) is 0 Å². The van der Waals surface area contributed by atoms with Crippen LogP contribution in [0.4, 0.5) is 9.18 Å². The number of carbonyl (C=O) groups is 1. The number of halogens is 1. The Bertz CT molecular complexity index is 756. The maximum atomic E-state index is 13.1. The zero-order chi connectivity index (χ0) is 18.9. The van der Waals surface area contributed by atoms with E-state index in [-0.39, 0.29) is 11.9 Å². The van der Waals surface area contributed by atoms with Crippen molar-refractivity contribution in [3.63, 3.8) is 0 Å². The predicted molar refractivity (Wildman–Crippen MR) is 98.5 cm³/mol. The number of benzene rings is 1. The normalized spacial score (nSPS) is 20.8. The fraction of sp³-hybridized carbons (Fsp3) is 0.500. The summed E-state index contributed by atoms with van der Waals surface area (Å²) < 4.78 is 15.2. The number of amides is 1. The smallest absolute Gasteiger partial charge is 0.407 e. The molecule has 1 aliphatic carbocycles. The van der Waals surface area contributed by atoms with Crippen molar-refractivity contribution in [1.82, 2.24) is 14.5 Å². The van der Waals surface area contributed by atoms with E-state index in [4.69, 9.17) is 0 Å². The first-order valence-corrected chi connectivity index (χ1v) is 9.07. The van der Waals surface area contributed by atoms with Gasteiger partial charge in [-0.3, -0.25) is 0 Å². The highest BCUT2D eigenvalue weighted by Crippen LogP contribution is 2.34. The highest BCUT2D eigenvalue weighted by atomic mass is 19.1. The fourth-order valence-corrected chi connectivity index (χ4v) is 3.91. The molecule has 140 valence electrons. The van der Waals surface area contributed by atoms with E-state index in [1.165, 1.54) is 12.1 Å². The first-order chi connectivity index (χ1) is 12.3. The molecule has 0 spiro atoms. The Hall–Kier alpha value is -2.37. The third kappa shape index (κ3) is 3.89. The van der Waals surface area contributed by atoms with Gasteiger partial charge in [-0.05, 0) is 70.7 Å². The minimum atomic E-state index is -0.845. The van der Waals surface area contributed by atoms with Gasteiger partial charge in [0.15, 0.2) is 0 Å². The zero-order valence-corrected chi connectivity index (χ0v) is 15.5. The molecule has 3 rings (SSSR count). The molecule has 2 aromatic rings. The quantitative estimate of drug-likeness (QED) is 0.843. The summed E-state index contributed by atoms with van der Waals surface area (Å²) in [6, 6.07) is 6.71. The van der Waals surface area contributed by atoms with Gasteiger partial charge in [0, 0.05) is 29.4 Å². The molecule has 5 nitrogen and oxygen atoms in total. The van der Waals surface area contributed by atoms with Gasteiger partial charge in [-0.1, -0.05) is 0 Å². The molecule has 1 aromatic carbocycles. The monoisotopic (exact) mass is 359 g/mol. The molecule has 1 amide bonds. The topological polar surface area (TPSA) is 58.4 Å². The van der Waals surface area contributed by atoms with Crippen molar-refractivity contribution in [1.29, 1.82) is 0 Å².